The van der Waals surface area contributed by atoms with Crippen LogP contribution in [0.1, 0.15) is 21.7 Å². The van der Waals surface area contributed by atoms with Crippen LogP contribution in [0.3, 0.4) is 0 Å². The SMILES string of the molecule is Cc1nc(-c2cncc(S(C)(=O)=O)c2)n(Cc2cc(Cl)ccc2Cl)c1C(=O)O. The van der Waals surface area contributed by atoms with Crippen LogP contribution in [0.15, 0.2) is 41.6 Å². The number of rotatable bonds is 5. The number of nitrogens with zero attached hydrogens (tertiary/aromatic N) is 3. The van der Waals surface area contributed by atoms with Crippen LogP contribution in [0.4, 0.5) is 0 Å². The van der Waals surface area contributed by atoms with Crippen molar-refractivity contribution in [2.45, 2.75) is 18.4 Å². The average Bonchev–Trinajstić information content (AvgIpc) is 2.94. The molecule has 0 aliphatic carbocycles. The molecule has 0 aliphatic heterocycles. The Hall–Kier alpha value is -2.42. The van der Waals surface area contributed by atoms with Crippen molar-refractivity contribution < 1.29 is 18.3 Å². The first-order valence-electron chi connectivity index (χ1n) is 7.97. The number of halogens is 2. The highest BCUT2D eigenvalue weighted by Gasteiger charge is 2.23. The maximum Gasteiger partial charge on any atom is 0.354 e. The molecule has 2 heterocycles. The monoisotopic (exact) mass is 439 g/mol. The highest BCUT2D eigenvalue weighted by molar-refractivity contribution is 7.90. The van der Waals surface area contributed by atoms with Crippen LogP contribution in [0, 0.1) is 6.92 Å². The summed E-state index contributed by atoms with van der Waals surface area (Å²) in [6.45, 7) is 1.65. The van der Waals surface area contributed by atoms with E-state index in [1.54, 1.807) is 25.1 Å². The van der Waals surface area contributed by atoms with E-state index in [1.807, 2.05) is 0 Å². The molecule has 28 heavy (non-hydrogen) atoms. The van der Waals surface area contributed by atoms with Gasteiger partial charge in [-0.2, -0.15) is 0 Å². The molecule has 1 N–H and O–H groups in total. The van der Waals surface area contributed by atoms with E-state index in [-0.39, 0.29) is 28.7 Å². The summed E-state index contributed by atoms with van der Waals surface area (Å²) in [6, 6.07) is 6.30. The third kappa shape index (κ3) is 4.04. The third-order valence-corrected chi connectivity index (χ3v) is 5.76. The number of carboxylic acids is 1. The highest BCUT2D eigenvalue weighted by atomic mass is 35.5. The maximum absolute atomic E-state index is 11.9. The molecule has 0 fully saturated rings. The average molecular weight is 440 g/mol. The van der Waals surface area contributed by atoms with E-state index in [4.69, 9.17) is 23.2 Å². The molecule has 0 bridgehead atoms. The summed E-state index contributed by atoms with van der Waals surface area (Å²) in [5, 5.41) is 10.5. The largest absolute Gasteiger partial charge is 0.477 e. The van der Waals surface area contributed by atoms with Gasteiger partial charge in [-0.25, -0.2) is 18.2 Å². The van der Waals surface area contributed by atoms with Gasteiger partial charge in [0.2, 0.25) is 0 Å². The van der Waals surface area contributed by atoms with Crippen LogP contribution in [0.25, 0.3) is 11.4 Å². The number of carbonyl (C=O) groups is 1. The van der Waals surface area contributed by atoms with Crippen molar-refractivity contribution in [2.24, 2.45) is 0 Å². The Balaban J connectivity index is 2.22. The van der Waals surface area contributed by atoms with Crippen LogP contribution < -0.4 is 0 Å². The summed E-state index contributed by atoms with van der Waals surface area (Å²) in [5.74, 6) is -0.898. The zero-order valence-electron chi connectivity index (χ0n) is 14.8. The number of benzene rings is 1. The van der Waals surface area contributed by atoms with Gasteiger partial charge in [0, 0.05) is 34.3 Å². The van der Waals surface area contributed by atoms with E-state index >= 15 is 0 Å². The molecule has 1 aromatic carbocycles. The molecule has 146 valence electrons. The molecule has 3 rings (SSSR count). The first-order valence-corrected chi connectivity index (χ1v) is 10.6. The fraction of sp³-hybridized carbons (Fsp3) is 0.167. The number of aromatic carboxylic acids is 1. The van der Waals surface area contributed by atoms with Crippen LogP contribution in [-0.4, -0.2) is 40.3 Å². The number of pyridine rings is 1. The minimum Gasteiger partial charge on any atom is -0.477 e. The molecule has 0 atom stereocenters. The van der Waals surface area contributed by atoms with E-state index in [0.29, 0.717) is 21.2 Å². The van der Waals surface area contributed by atoms with E-state index in [1.165, 1.54) is 23.0 Å². The summed E-state index contributed by atoms with van der Waals surface area (Å²) in [7, 11) is -3.49. The van der Waals surface area contributed by atoms with Crippen molar-refractivity contribution in [1.29, 1.82) is 0 Å². The Labute approximate surface area is 171 Å². The van der Waals surface area contributed by atoms with E-state index < -0.39 is 15.8 Å². The van der Waals surface area contributed by atoms with Crippen LogP contribution in [-0.2, 0) is 16.4 Å². The lowest BCUT2D eigenvalue weighted by atomic mass is 10.2. The number of imidazole rings is 1. The zero-order chi connectivity index (χ0) is 20.6. The van der Waals surface area contributed by atoms with Crippen LogP contribution in [0.2, 0.25) is 10.0 Å². The first-order chi connectivity index (χ1) is 13.1. The third-order valence-electron chi connectivity index (χ3n) is 4.08. The second-order valence-electron chi connectivity index (χ2n) is 6.18. The molecule has 0 saturated carbocycles. The zero-order valence-corrected chi connectivity index (χ0v) is 17.2. The van der Waals surface area contributed by atoms with Crippen LogP contribution >= 0.6 is 23.2 Å². The van der Waals surface area contributed by atoms with Gasteiger partial charge in [-0.1, -0.05) is 23.2 Å². The molecule has 3 aromatic rings. The molecule has 0 saturated heterocycles. The van der Waals surface area contributed by atoms with Crippen LogP contribution in [0.5, 0.6) is 0 Å². The summed E-state index contributed by atoms with van der Waals surface area (Å²) in [4.78, 5) is 20.1. The number of aryl methyl sites for hydroxylation is 1. The minimum atomic E-state index is -3.49. The van der Waals surface area contributed by atoms with Crippen molar-refractivity contribution in [3.63, 3.8) is 0 Å². The molecule has 0 amide bonds. The number of aromatic nitrogens is 3. The van der Waals surface area contributed by atoms with Gasteiger partial charge in [-0.15, -0.1) is 0 Å². The molecule has 0 aliphatic rings. The molecule has 2 aromatic heterocycles. The summed E-state index contributed by atoms with van der Waals surface area (Å²) < 4.78 is 25.2. The summed E-state index contributed by atoms with van der Waals surface area (Å²) in [6.07, 6.45) is 3.73. The quantitative estimate of drug-likeness (QED) is 0.649. The Morgan fingerprint density at radius 3 is 2.57 bits per heavy atom. The molecular weight excluding hydrogens is 425 g/mol. The topological polar surface area (TPSA) is 102 Å². The number of hydrogen-bond acceptors (Lipinski definition) is 5. The van der Waals surface area contributed by atoms with Gasteiger partial charge in [0.05, 0.1) is 17.1 Å². The second-order valence-corrected chi connectivity index (χ2v) is 9.04. The van der Waals surface area contributed by atoms with Gasteiger partial charge < -0.3 is 9.67 Å². The highest BCUT2D eigenvalue weighted by Crippen LogP contribution is 2.28. The lowest BCUT2D eigenvalue weighted by molar-refractivity contribution is 0.0685. The van der Waals surface area contributed by atoms with Gasteiger partial charge >= 0.3 is 5.97 Å². The van der Waals surface area contributed by atoms with Crippen molar-refractivity contribution in [2.75, 3.05) is 6.26 Å². The molecule has 10 heteroatoms. The van der Waals surface area contributed by atoms with Gasteiger partial charge in [0.25, 0.3) is 0 Å². The Morgan fingerprint density at radius 2 is 1.93 bits per heavy atom. The van der Waals surface area contributed by atoms with Crippen molar-refractivity contribution in [3.05, 3.63) is 63.7 Å². The van der Waals surface area contributed by atoms with Crippen molar-refractivity contribution >= 4 is 39.0 Å². The van der Waals surface area contributed by atoms with Crippen molar-refractivity contribution in [1.82, 2.24) is 14.5 Å². The first kappa shape index (κ1) is 20.3. The predicted octanol–water partition coefficient (Wildman–Crippen LogP) is 3.71. The van der Waals surface area contributed by atoms with Gasteiger partial charge in [0.1, 0.15) is 5.82 Å². The Bertz CT molecular complexity index is 1190. The number of sulfone groups is 1. The number of carboxylic acid groups (broad SMARTS) is 1. The Kier molecular flexibility index (Phi) is 5.47. The standard InChI is InChI=1S/C18H15Cl2N3O4S/c1-10-16(18(24)25)23(9-12-5-13(19)3-4-15(12)20)17(22-10)11-6-14(8-21-7-11)28(2,26)27/h3-8H,9H2,1-2H3,(H,24,25). The second kappa shape index (κ2) is 7.54. The normalized spacial score (nSPS) is 11.6. The fourth-order valence-electron chi connectivity index (χ4n) is 2.80. The van der Waals surface area contributed by atoms with E-state index in [2.05, 4.69) is 9.97 Å². The minimum absolute atomic E-state index is 0.00914. The van der Waals surface area contributed by atoms with Crippen molar-refractivity contribution in [3.8, 4) is 11.4 Å². The van der Waals surface area contributed by atoms with E-state index in [9.17, 15) is 18.3 Å². The number of hydrogen-bond donors (Lipinski definition) is 1. The molecular formula is C18H15Cl2N3O4S. The van der Waals surface area contributed by atoms with Gasteiger partial charge in [0.15, 0.2) is 15.5 Å². The molecule has 0 radical (unpaired) electrons. The van der Waals surface area contributed by atoms with Gasteiger partial charge in [-0.05, 0) is 36.8 Å². The molecule has 0 spiro atoms. The lowest BCUT2D eigenvalue weighted by Gasteiger charge is -2.12. The molecule has 7 nitrogen and oxygen atoms in total. The maximum atomic E-state index is 11.9. The lowest BCUT2D eigenvalue weighted by Crippen LogP contribution is -2.12. The predicted molar refractivity (Wildman–Crippen MR) is 106 cm³/mol. The van der Waals surface area contributed by atoms with Gasteiger partial charge in [-0.3, -0.25) is 4.98 Å². The smallest absolute Gasteiger partial charge is 0.354 e. The summed E-state index contributed by atoms with van der Waals surface area (Å²) >= 11 is 12.3. The fourth-order valence-corrected chi connectivity index (χ4v) is 3.76. The molecule has 0 unspecified atom stereocenters. The van der Waals surface area contributed by atoms with E-state index in [0.717, 1.165) is 6.26 Å². The summed E-state index contributed by atoms with van der Waals surface area (Å²) in [5.41, 5.74) is 1.22. The Morgan fingerprint density at radius 1 is 1.21 bits per heavy atom.